The van der Waals surface area contributed by atoms with Crippen molar-refractivity contribution in [1.29, 1.82) is 0 Å². The van der Waals surface area contributed by atoms with E-state index in [9.17, 15) is 4.79 Å². The zero-order valence-corrected chi connectivity index (χ0v) is 9.82. The van der Waals surface area contributed by atoms with E-state index in [-0.39, 0.29) is 5.91 Å². The summed E-state index contributed by atoms with van der Waals surface area (Å²) in [5, 5.41) is 7.37. The van der Waals surface area contributed by atoms with Gasteiger partial charge in [0.2, 0.25) is 0 Å². The van der Waals surface area contributed by atoms with Gasteiger partial charge in [-0.2, -0.15) is 11.3 Å². The molecule has 0 unspecified atom stereocenters. The number of carbonyl (C=O) groups excluding carboxylic acids is 1. The molecule has 15 heavy (non-hydrogen) atoms. The first-order chi connectivity index (χ1) is 7.22. The van der Waals surface area contributed by atoms with E-state index < -0.39 is 0 Å². The number of likely N-dealkylation sites (N-methyl/N-ethyl adjacent to an activating group) is 1. The van der Waals surface area contributed by atoms with Gasteiger partial charge in [0, 0.05) is 6.54 Å². The molecule has 3 nitrogen and oxygen atoms in total. The second kappa shape index (κ2) is 4.12. The largest absolute Gasteiger partial charge is 0.328 e. The minimum Gasteiger partial charge on any atom is -0.328 e. The number of thiophene rings is 1. The molecular weight excluding hydrogens is 228 g/mol. The van der Waals surface area contributed by atoms with Crippen molar-refractivity contribution in [2.75, 3.05) is 6.54 Å². The molecule has 1 N–H and O–H groups in total. The number of amides is 1. The van der Waals surface area contributed by atoms with Crippen molar-refractivity contribution in [3.63, 3.8) is 0 Å². The molecule has 1 aromatic rings. The Labute approximate surface area is 97.4 Å². The lowest BCUT2D eigenvalue weighted by Crippen LogP contribution is -2.30. The molecule has 0 aliphatic carbocycles. The normalized spacial score (nSPS) is 18.7. The Morgan fingerprint density at radius 3 is 3.00 bits per heavy atom. The van der Waals surface area contributed by atoms with Crippen LogP contribution in [-0.2, 0) is 4.79 Å². The predicted molar refractivity (Wildman–Crippen MR) is 65.4 cm³/mol. The summed E-state index contributed by atoms with van der Waals surface area (Å²) in [5.74, 6) is -0.0475. The molecule has 1 saturated heterocycles. The SMILES string of the molecule is CCN1C(=O)C(=Cc2ccsc2)NC1=S. The first-order valence-electron chi connectivity index (χ1n) is 4.59. The molecule has 1 fully saturated rings. The molecule has 2 heterocycles. The summed E-state index contributed by atoms with van der Waals surface area (Å²) < 4.78 is 0. The Hall–Kier alpha value is -1.20. The zero-order valence-electron chi connectivity index (χ0n) is 8.19. The van der Waals surface area contributed by atoms with Crippen LogP contribution in [0.1, 0.15) is 12.5 Å². The van der Waals surface area contributed by atoms with Gasteiger partial charge in [0.15, 0.2) is 5.11 Å². The Morgan fingerprint density at radius 2 is 2.47 bits per heavy atom. The van der Waals surface area contributed by atoms with Crippen molar-refractivity contribution in [3.8, 4) is 0 Å². The third-order valence-corrected chi connectivity index (χ3v) is 3.16. The van der Waals surface area contributed by atoms with E-state index in [1.807, 2.05) is 29.8 Å². The minimum absolute atomic E-state index is 0.0475. The van der Waals surface area contributed by atoms with Gasteiger partial charge in [0.05, 0.1) is 0 Å². The molecule has 0 bridgehead atoms. The molecule has 1 aliphatic rings. The van der Waals surface area contributed by atoms with Crippen LogP contribution in [0.5, 0.6) is 0 Å². The lowest BCUT2D eigenvalue weighted by Gasteiger charge is -2.08. The van der Waals surface area contributed by atoms with Crippen LogP contribution in [-0.4, -0.2) is 22.5 Å². The van der Waals surface area contributed by atoms with Gasteiger partial charge in [-0.25, -0.2) is 0 Å². The molecule has 0 atom stereocenters. The van der Waals surface area contributed by atoms with E-state index in [4.69, 9.17) is 12.2 Å². The number of nitrogens with zero attached hydrogens (tertiary/aromatic N) is 1. The fourth-order valence-electron chi connectivity index (χ4n) is 1.38. The first-order valence-corrected chi connectivity index (χ1v) is 5.94. The Bertz CT molecular complexity index is 423. The molecule has 0 spiro atoms. The highest BCUT2D eigenvalue weighted by molar-refractivity contribution is 7.80. The quantitative estimate of drug-likeness (QED) is 0.630. The van der Waals surface area contributed by atoms with Crippen molar-refractivity contribution < 1.29 is 4.79 Å². The van der Waals surface area contributed by atoms with Gasteiger partial charge < -0.3 is 5.32 Å². The van der Waals surface area contributed by atoms with Gasteiger partial charge in [-0.1, -0.05) is 0 Å². The monoisotopic (exact) mass is 238 g/mol. The zero-order chi connectivity index (χ0) is 10.8. The molecule has 2 rings (SSSR count). The van der Waals surface area contributed by atoms with Crippen LogP contribution < -0.4 is 5.32 Å². The molecule has 1 aromatic heterocycles. The van der Waals surface area contributed by atoms with Gasteiger partial charge in [-0.15, -0.1) is 0 Å². The average Bonchev–Trinajstić information content (AvgIpc) is 2.78. The number of thiocarbonyl (C=S) groups is 1. The average molecular weight is 238 g/mol. The minimum atomic E-state index is -0.0475. The third-order valence-electron chi connectivity index (χ3n) is 2.13. The van der Waals surface area contributed by atoms with E-state index in [2.05, 4.69) is 5.32 Å². The second-order valence-corrected chi connectivity index (χ2v) is 4.26. The maximum atomic E-state index is 11.8. The van der Waals surface area contributed by atoms with E-state index in [1.54, 1.807) is 16.2 Å². The number of carbonyl (C=O) groups is 1. The van der Waals surface area contributed by atoms with Crippen molar-refractivity contribution in [1.82, 2.24) is 10.2 Å². The van der Waals surface area contributed by atoms with Gasteiger partial charge in [0.1, 0.15) is 5.70 Å². The topological polar surface area (TPSA) is 32.3 Å². The van der Waals surface area contributed by atoms with Crippen molar-refractivity contribution >= 4 is 40.7 Å². The summed E-state index contributed by atoms with van der Waals surface area (Å²) in [5.41, 5.74) is 1.58. The molecule has 0 saturated carbocycles. The van der Waals surface area contributed by atoms with Gasteiger partial charge in [-0.3, -0.25) is 9.69 Å². The highest BCUT2D eigenvalue weighted by Crippen LogP contribution is 2.15. The maximum Gasteiger partial charge on any atom is 0.276 e. The summed E-state index contributed by atoms with van der Waals surface area (Å²) in [7, 11) is 0. The highest BCUT2D eigenvalue weighted by Gasteiger charge is 2.28. The summed E-state index contributed by atoms with van der Waals surface area (Å²) >= 11 is 6.65. The van der Waals surface area contributed by atoms with Gasteiger partial charge >= 0.3 is 0 Å². The summed E-state index contributed by atoms with van der Waals surface area (Å²) in [4.78, 5) is 13.3. The Balaban J connectivity index is 2.26. The summed E-state index contributed by atoms with van der Waals surface area (Å²) in [6.45, 7) is 2.51. The smallest absolute Gasteiger partial charge is 0.276 e. The molecule has 5 heteroatoms. The molecule has 0 aromatic carbocycles. The maximum absolute atomic E-state index is 11.8. The fourth-order valence-corrected chi connectivity index (χ4v) is 2.32. The van der Waals surface area contributed by atoms with E-state index >= 15 is 0 Å². The van der Waals surface area contributed by atoms with E-state index in [0.717, 1.165) is 5.56 Å². The van der Waals surface area contributed by atoms with Crippen LogP contribution in [0, 0.1) is 0 Å². The van der Waals surface area contributed by atoms with E-state index in [1.165, 1.54) is 0 Å². The van der Waals surface area contributed by atoms with Crippen LogP contribution in [0.15, 0.2) is 22.5 Å². The molecular formula is C10H10N2OS2. The van der Waals surface area contributed by atoms with Crippen LogP contribution in [0.2, 0.25) is 0 Å². The van der Waals surface area contributed by atoms with Crippen LogP contribution in [0.3, 0.4) is 0 Å². The van der Waals surface area contributed by atoms with Crippen LogP contribution in [0.25, 0.3) is 6.08 Å². The van der Waals surface area contributed by atoms with E-state index in [0.29, 0.717) is 17.4 Å². The van der Waals surface area contributed by atoms with Crippen molar-refractivity contribution in [3.05, 3.63) is 28.1 Å². The number of rotatable bonds is 2. The molecule has 1 amide bonds. The number of nitrogens with one attached hydrogen (secondary N) is 1. The molecule has 78 valence electrons. The second-order valence-electron chi connectivity index (χ2n) is 3.09. The number of hydrogen-bond acceptors (Lipinski definition) is 3. The number of hydrogen-bond donors (Lipinski definition) is 1. The Kier molecular flexibility index (Phi) is 2.83. The predicted octanol–water partition coefficient (Wildman–Crippen LogP) is 1.83. The Morgan fingerprint density at radius 1 is 1.67 bits per heavy atom. The third kappa shape index (κ3) is 1.93. The molecule has 1 aliphatic heterocycles. The van der Waals surface area contributed by atoms with Crippen LogP contribution in [0.4, 0.5) is 0 Å². The van der Waals surface area contributed by atoms with Gasteiger partial charge in [-0.05, 0) is 47.6 Å². The highest BCUT2D eigenvalue weighted by atomic mass is 32.1. The first kappa shape index (κ1) is 10.3. The van der Waals surface area contributed by atoms with Crippen LogP contribution >= 0.6 is 23.6 Å². The van der Waals surface area contributed by atoms with Gasteiger partial charge in [0.25, 0.3) is 5.91 Å². The molecule has 0 radical (unpaired) electrons. The van der Waals surface area contributed by atoms with Crippen molar-refractivity contribution in [2.45, 2.75) is 6.92 Å². The standard InChI is InChI=1S/C10H10N2OS2/c1-2-12-9(13)8(11-10(12)14)5-7-3-4-15-6-7/h3-6H,2H2,1H3,(H,11,14). The summed E-state index contributed by atoms with van der Waals surface area (Å²) in [6, 6.07) is 1.96. The fraction of sp³-hybridized carbons (Fsp3) is 0.200. The lowest BCUT2D eigenvalue weighted by atomic mass is 10.2. The summed E-state index contributed by atoms with van der Waals surface area (Å²) in [6.07, 6.45) is 1.82. The lowest BCUT2D eigenvalue weighted by molar-refractivity contribution is -0.122. The van der Waals surface area contributed by atoms with Crippen molar-refractivity contribution in [2.24, 2.45) is 0 Å².